The van der Waals surface area contributed by atoms with Crippen LogP contribution in [0.1, 0.15) is 11.1 Å². The zero-order valence-electron chi connectivity index (χ0n) is 11.1. The van der Waals surface area contributed by atoms with Crippen LogP contribution in [0.2, 0.25) is 0 Å². The molecule has 0 unspecified atom stereocenters. The number of para-hydroxylation sites is 1. The number of imidazole rings is 1. The van der Waals surface area contributed by atoms with E-state index in [1.165, 1.54) is 11.5 Å². The highest BCUT2D eigenvalue weighted by atomic mass is 19.1. The third-order valence-electron chi connectivity index (χ3n) is 3.37. The first-order chi connectivity index (χ1) is 9.49. The molecule has 3 rings (SSSR count). The molecule has 0 saturated carbocycles. The Kier molecular flexibility index (Phi) is 2.71. The first kappa shape index (κ1) is 12.6. The summed E-state index contributed by atoms with van der Waals surface area (Å²) in [6.45, 7) is 3.39. The van der Waals surface area contributed by atoms with Crippen molar-refractivity contribution in [2.75, 3.05) is 5.73 Å². The number of nitrogens with zero attached hydrogens (tertiary/aromatic N) is 2. The number of aryl methyl sites for hydroxylation is 2. The van der Waals surface area contributed by atoms with Crippen LogP contribution in [0.3, 0.4) is 0 Å². The van der Waals surface area contributed by atoms with Gasteiger partial charge in [0.05, 0.1) is 16.7 Å². The molecule has 0 amide bonds. The molecule has 2 N–H and O–H groups in total. The number of benzene rings is 2. The molecule has 0 aliphatic rings. The molecular weight excluding hydrogens is 260 g/mol. The lowest BCUT2D eigenvalue weighted by Crippen LogP contribution is -2.05. The van der Waals surface area contributed by atoms with E-state index in [0.717, 1.165) is 17.7 Å². The number of nitrogen functional groups attached to an aromatic ring is 1. The van der Waals surface area contributed by atoms with Crippen molar-refractivity contribution in [2.45, 2.75) is 13.8 Å². The summed E-state index contributed by atoms with van der Waals surface area (Å²) in [6, 6.07) is 7.82. The minimum Gasteiger partial charge on any atom is -0.369 e. The van der Waals surface area contributed by atoms with Crippen LogP contribution in [0, 0.1) is 25.5 Å². The van der Waals surface area contributed by atoms with Gasteiger partial charge in [0.15, 0.2) is 0 Å². The monoisotopic (exact) mass is 273 g/mol. The summed E-state index contributed by atoms with van der Waals surface area (Å²) in [6.07, 6.45) is 0. The number of halogens is 2. The van der Waals surface area contributed by atoms with Crippen molar-refractivity contribution < 1.29 is 8.78 Å². The van der Waals surface area contributed by atoms with E-state index in [-0.39, 0.29) is 17.2 Å². The topological polar surface area (TPSA) is 43.8 Å². The van der Waals surface area contributed by atoms with Gasteiger partial charge >= 0.3 is 0 Å². The van der Waals surface area contributed by atoms with Crippen LogP contribution >= 0.6 is 0 Å². The van der Waals surface area contributed by atoms with Gasteiger partial charge in [-0.3, -0.25) is 4.57 Å². The van der Waals surface area contributed by atoms with Crippen LogP contribution in [0.5, 0.6) is 0 Å². The van der Waals surface area contributed by atoms with E-state index in [9.17, 15) is 8.78 Å². The maximum atomic E-state index is 14.2. The number of nitrogens with two attached hydrogens (primary N) is 1. The van der Waals surface area contributed by atoms with Crippen molar-refractivity contribution in [1.29, 1.82) is 0 Å². The van der Waals surface area contributed by atoms with Crippen molar-refractivity contribution in [3.05, 3.63) is 53.1 Å². The molecule has 0 atom stereocenters. The summed E-state index contributed by atoms with van der Waals surface area (Å²) in [4.78, 5) is 4.20. The Labute approximate surface area is 114 Å². The summed E-state index contributed by atoms with van der Waals surface area (Å²) < 4.78 is 29.4. The van der Waals surface area contributed by atoms with Crippen LogP contribution < -0.4 is 5.73 Å². The van der Waals surface area contributed by atoms with E-state index in [2.05, 4.69) is 4.98 Å². The molecule has 0 fully saturated rings. The van der Waals surface area contributed by atoms with E-state index in [0.29, 0.717) is 11.0 Å². The SMILES string of the molecule is Cc1cc(F)c(-n2c(N)nc3cccc(C)c32)cc1F. The summed E-state index contributed by atoms with van der Waals surface area (Å²) >= 11 is 0. The lowest BCUT2D eigenvalue weighted by molar-refractivity contribution is 0.587. The molecule has 20 heavy (non-hydrogen) atoms. The van der Waals surface area contributed by atoms with Crippen LogP contribution in [0.15, 0.2) is 30.3 Å². The van der Waals surface area contributed by atoms with Gasteiger partial charge in [0.25, 0.3) is 0 Å². The lowest BCUT2D eigenvalue weighted by atomic mass is 10.1. The van der Waals surface area contributed by atoms with Gasteiger partial charge in [0.1, 0.15) is 11.6 Å². The fraction of sp³-hybridized carbons (Fsp3) is 0.133. The minimum absolute atomic E-state index is 0.0717. The second kappa shape index (κ2) is 4.30. The second-order valence-electron chi connectivity index (χ2n) is 4.80. The molecule has 3 aromatic rings. The molecule has 1 aromatic heterocycles. The summed E-state index contributed by atoms with van der Waals surface area (Å²) in [5.74, 6) is -0.870. The average Bonchev–Trinajstić information content (AvgIpc) is 2.71. The Morgan fingerprint density at radius 2 is 1.80 bits per heavy atom. The maximum absolute atomic E-state index is 14.2. The van der Waals surface area contributed by atoms with Crippen LogP contribution in [-0.2, 0) is 0 Å². The van der Waals surface area contributed by atoms with Gasteiger partial charge in [-0.2, -0.15) is 0 Å². The molecule has 0 bridgehead atoms. The maximum Gasteiger partial charge on any atom is 0.206 e. The molecule has 102 valence electrons. The Morgan fingerprint density at radius 1 is 1.05 bits per heavy atom. The fourth-order valence-corrected chi connectivity index (χ4v) is 2.36. The molecule has 0 aliphatic carbocycles. The smallest absolute Gasteiger partial charge is 0.206 e. The first-order valence-corrected chi connectivity index (χ1v) is 6.18. The summed E-state index contributed by atoms with van der Waals surface area (Å²) in [7, 11) is 0. The van der Waals surface area contributed by atoms with Gasteiger partial charge in [-0.15, -0.1) is 0 Å². The van der Waals surface area contributed by atoms with Crippen LogP contribution in [0.25, 0.3) is 16.7 Å². The van der Waals surface area contributed by atoms with Crippen molar-refractivity contribution >= 4 is 17.0 Å². The van der Waals surface area contributed by atoms with Gasteiger partial charge in [-0.25, -0.2) is 13.8 Å². The van der Waals surface area contributed by atoms with Crippen LogP contribution in [-0.4, -0.2) is 9.55 Å². The number of aromatic nitrogens is 2. The third-order valence-corrected chi connectivity index (χ3v) is 3.37. The Balaban J connectivity index is 2.41. The third kappa shape index (κ3) is 1.74. The molecule has 1 heterocycles. The standard InChI is InChI=1S/C15H13F2N3/c1-8-4-3-5-12-14(8)20(15(18)19-12)13-7-10(16)9(2)6-11(13)17/h3-7H,1-2H3,(H2,18,19). The zero-order valence-corrected chi connectivity index (χ0v) is 11.1. The summed E-state index contributed by atoms with van der Waals surface area (Å²) in [5, 5.41) is 0. The molecule has 0 radical (unpaired) electrons. The van der Waals surface area contributed by atoms with Crippen LogP contribution in [0.4, 0.5) is 14.7 Å². The Hall–Kier alpha value is -2.43. The van der Waals surface area contributed by atoms with Crippen molar-refractivity contribution in [2.24, 2.45) is 0 Å². The highest BCUT2D eigenvalue weighted by Gasteiger charge is 2.16. The molecule has 2 aromatic carbocycles. The van der Waals surface area contributed by atoms with Gasteiger partial charge in [-0.1, -0.05) is 12.1 Å². The van der Waals surface area contributed by atoms with Crippen molar-refractivity contribution in [3.63, 3.8) is 0 Å². The first-order valence-electron chi connectivity index (χ1n) is 6.18. The van der Waals surface area contributed by atoms with E-state index in [1.54, 1.807) is 6.07 Å². The fourth-order valence-electron chi connectivity index (χ4n) is 2.36. The summed E-state index contributed by atoms with van der Waals surface area (Å²) in [5.41, 5.74) is 8.44. The molecule has 3 nitrogen and oxygen atoms in total. The highest BCUT2D eigenvalue weighted by molar-refractivity contribution is 5.83. The van der Waals surface area contributed by atoms with E-state index in [1.807, 2.05) is 19.1 Å². The minimum atomic E-state index is -0.529. The second-order valence-corrected chi connectivity index (χ2v) is 4.80. The molecular formula is C15H13F2N3. The molecule has 0 spiro atoms. The highest BCUT2D eigenvalue weighted by Crippen LogP contribution is 2.28. The predicted molar refractivity (Wildman–Crippen MR) is 74.9 cm³/mol. The Bertz CT molecular complexity index is 822. The van der Waals surface area contributed by atoms with Gasteiger partial charge in [0.2, 0.25) is 5.95 Å². The normalized spacial score (nSPS) is 11.2. The van der Waals surface area contributed by atoms with E-state index in [4.69, 9.17) is 5.73 Å². The largest absolute Gasteiger partial charge is 0.369 e. The molecule has 5 heteroatoms. The number of anilines is 1. The van der Waals surface area contributed by atoms with Crippen molar-refractivity contribution in [3.8, 4) is 5.69 Å². The number of hydrogen-bond acceptors (Lipinski definition) is 2. The van der Waals surface area contributed by atoms with Gasteiger partial charge in [0, 0.05) is 6.07 Å². The number of hydrogen-bond donors (Lipinski definition) is 1. The lowest BCUT2D eigenvalue weighted by Gasteiger charge is -2.10. The Morgan fingerprint density at radius 3 is 2.55 bits per heavy atom. The average molecular weight is 273 g/mol. The van der Waals surface area contributed by atoms with E-state index >= 15 is 0 Å². The number of rotatable bonds is 1. The molecule has 0 saturated heterocycles. The zero-order chi connectivity index (χ0) is 14.4. The predicted octanol–water partition coefficient (Wildman–Crippen LogP) is 3.50. The number of fused-ring (bicyclic) bond motifs is 1. The molecule has 0 aliphatic heterocycles. The van der Waals surface area contributed by atoms with Gasteiger partial charge in [-0.05, 0) is 37.1 Å². The van der Waals surface area contributed by atoms with Gasteiger partial charge < -0.3 is 5.73 Å². The van der Waals surface area contributed by atoms with E-state index < -0.39 is 11.6 Å². The quantitative estimate of drug-likeness (QED) is 0.737. The van der Waals surface area contributed by atoms with Crippen molar-refractivity contribution in [1.82, 2.24) is 9.55 Å².